The van der Waals surface area contributed by atoms with Crippen LogP contribution in [0.4, 0.5) is 5.69 Å². The molecule has 2 rings (SSSR count). The highest BCUT2D eigenvalue weighted by Crippen LogP contribution is 2.20. The van der Waals surface area contributed by atoms with Gasteiger partial charge in [0.2, 0.25) is 0 Å². The summed E-state index contributed by atoms with van der Waals surface area (Å²) in [6.07, 6.45) is 4.13. The van der Waals surface area contributed by atoms with Crippen molar-refractivity contribution in [2.45, 2.75) is 13.8 Å². The van der Waals surface area contributed by atoms with Crippen LogP contribution in [0, 0.1) is 13.8 Å². The van der Waals surface area contributed by atoms with Gasteiger partial charge in [-0.25, -0.2) is 9.78 Å². The van der Waals surface area contributed by atoms with Gasteiger partial charge >= 0.3 is 5.97 Å². The highest BCUT2D eigenvalue weighted by Gasteiger charge is 2.10. The monoisotopic (exact) mass is 302 g/mol. The van der Waals surface area contributed by atoms with Crippen LogP contribution < -0.4 is 5.32 Å². The molecule has 0 spiro atoms. The predicted octanol–water partition coefficient (Wildman–Crippen LogP) is 3.11. The second kappa shape index (κ2) is 6.32. The molecule has 21 heavy (non-hydrogen) atoms. The molecule has 0 saturated heterocycles. The Bertz CT molecular complexity index is 719. The lowest BCUT2D eigenvalue weighted by Crippen LogP contribution is -2.11. The number of nitrogens with one attached hydrogen (secondary N) is 1. The average molecular weight is 302 g/mol. The van der Waals surface area contributed by atoms with E-state index in [-0.39, 0.29) is 5.91 Å². The predicted molar refractivity (Wildman–Crippen MR) is 82.7 cm³/mol. The molecule has 0 aliphatic rings. The maximum absolute atomic E-state index is 12.0. The average Bonchev–Trinajstić information content (AvgIpc) is 2.86. The molecule has 6 heteroatoms. The van der Waals surface area contributed by atoms with Crippen LogP contribution in [0.5, 0.6) is 0 Å². The molecule has 0 fully saturated rings. The van der Waals surface area contributed by atoms with Gasteiger partial charge in [0, 0.05) is 11.8 Å². The van der Waals surface area contributed by atoms with Gasteiger partial charge in [0.15, 0.2) is 0 Å². The molecule has 0 radical (unpaired) electrons. The van der Waals surface area contributed by atoms with Crippen molar-refractivity contribution in [3.05, 3.63) is 51.5 Å². The van der Waals surface area contributed by atoms with E-state index in [1.165, 1.54) is 17.4 Å². The first kappa shape index (κ1) is 14.9. The Kier molecular flexibility index (Phi) is 4.49. The second-order valence-electron chi connectivity index (χ2n) is 4.44. The van der Waals surface area contributed by atoms with Gasteiger partial charge in [-0.15, -0.1) is 11.3 Å². The Hall–Kier alpha value is -2.47. The molecule has 2 aromatic rings. The maximum atomic E-state index is 12.0. The third-order valence-corrected chi connectivity index (χ3v) is 3.67. The number of anilines is 1. The summed E-state index contributed by atoms with van der Waals surface area (Å²) in [6, 6.07) is 5.32. The summed E-state index contributed by atoms with van der Waals surface area (Å²) in [6.45, 7) is 3.70. The summed E-state index contributed by atoms with van der Waals surface area (Å²) in [5.41, 5.74) is 2.32. The van der Waals surface area contributed by atoms with Gasteiger partial charge in [0.05, 0.1) is 11.2 Å². The van der Waals surface area contributed by atoms with Crippen LogP contribution in [0.1, 0.15) is 25.8 Å². The first-order chi connectivity index (χ1) is 9.95. The Balaban J connectivity index is 2.14. The molecule has 0 aliphatic heterocycles. The van der Waals surface area contributed by atoms with Crippen LogP contribution >= 0.6 is 11.3 Å². The smallest absolute Gasteiger partial charge is 0.328 e. The van der Waals surface area contributed by atoms with Crippen molar-refractivity contribution >= 4 is 35.0 Å². The number of amides is 1. The summed E-state index contributed by atoms with van der Waals surface area (Å²) < 4.78 is 0. The van der Waals surface area contributed by atoms with Crippen LogP contribution in [-0.2, 0) is 4.79 Å². The van der Waals surface area contributed by atoms with Crippen molar-refractivity contribution in [3.8, 4) is 0 Å². The molecule has 0 saturated carbocycles. The maximum Gasteiger partial charge on any atom is 0.328 e. The van der Waals surface area contributed by atoms with Gasteiger partial charge in [-0.3, -0.25) is 4.79 Å². The van der Waals surface area contributed by atoms with E-state index in [0.717, 1.165) is 22.2 Å². The summed E-state index contributed by atoms with van der Waals surface area (Å²) in [4.78, 5) is 27.1. The zero-order chi connectivity index (χ0) is 15.4. The summed E-state index contributed by atoms with van der Waals surface area (Å²) >= 11 is 1.34. The highest BCUT2D eigenvalue weighted by atomic mass is 32.1. The van der Waals surface area contributed by atoms with E-state index in [0.29, 0.717) is 10.6 Å². The zero-order valence-electron chi connectivity index (χ0n) is 11.6. The van der Waals surface area contributed by atoms with Crippen molar-refractivity contribution in [2.75, 3.05) is 5.32 Å². The lowest BCUT2D eigenvalue weighted by Gasteiger charge is -2.08. The normalized spacial score (nSPS) is 10.8. The number of carboxylic acid groups (broad SMARTS) is 1. The van der Waals surface area contributed by atoms with E-state index in [2.05, 4.69) is 10.3 Å². The minimum atomic E-state index is -0.995. The molecule has 1 amide bonds. The number of aryl methyl sites for hydroxylation is 2. The lowest BCUT2D eigenvalue weighted by atomic mass is 10.1. The van der Waals surface area contributed by atoms with E-state index >= 15 is 0 Å². The minimum Gasteiger partial charge on any atom is -0.478 e. The Morgan fingerprint density at radius 3 is 2.67 bits per heavy atom. The summed E-state index contributed by atoms with van der Waals surface area (Å²) in [7, 11) is 0. The number of aliphatic carboxylic acids is 1. The number of benzene rings is 1. The zero-order valence-corrected chi connectivity index (χ0v) is 12.4. The molecule has 0 unspecified atom stereocenters. The molecule has 1 aromatic carbocycles. The van der Waals surface area contributed by atoms with E-state index in [9.17, 15) is 9.59 Å². The Morgan fingerprint density at radius 1 is 1.33 bits per heavy atom. The minimum absolute atomic E-state index is 0.197. The third kappa shape index (κ3) is 4.00. The number of carboxylic acids is 1. The molecule has 0 atom stereocenters. The van der Waals surface area contributed by atoms with Crippen molar-refractivity contribution in [3.63, 3.8) is 0 Å². The fourth-order valence-corrected chi connectivity index (χ4v) is 2.42. The quantitative estimate of drug-likeness (QED) is 0.850. The van der Waals surface area contributed by atoms with Gasteiger partial charge < -0.3 is 10.4 Å². The van der Waals surface area contributed by atoms with Gasteiger partial charge in [0.25, 0.3) is 5.91 Å². The standard InChI is InChI=1S/C15H14N2O3S/c1-9-7-11(4-6-14(18)19)3-5-12(9)17-15(20)13-8-16-10(2)21-13/h3-8H,1-2H3,(H,17,20)(H,18,19)/b6-4+. The highest BCUT2D eigenvalue weighted by molar-refractivity contribution is 7.13. The van der Waals surface area contributed by atoms with Crippen LogP contribution in [0.25, 0.3) is 6.08 Å². The van der Waals surface area contributed by atoms with Gasteiger partial charge in [-0.1, -0.05) is 6.07 Å². The number of carbonyl (C=O) groups is 2. The molecule has 1 aromatic heterocycles. The molecule has 0 aliphatic carbocycles. The first-order valence-electron chi connectivity index (χ1n) is 6.21. The topological polar surface area (TPSA) is 79.3 Å². The summed E-state index contributed by atoms with van der Waals surface area (Å²) in [5, 5.41) is 12.3. The van der Waals surface area contributed by atoms with E-state index < -0.39 is 5.97 Å². The fourth-order valence-electron chi connectivity index (χ4n) is 1.75. The van der Waals surface area contributed by atoms with Crippen LogP contribution in [0.15, 0.2) is 30.5 Å². The first-order valence-corrected chi connectivity index (χ1v) is 7.03. The SMILES string of the molecule is Cc1ncc(C(=O)Nc2ccc(/C=C/C(=O)O)cc2C)s1. The number of aromatic nitrogens is 1. The van der Waals surface area contributed by atoms with E-state index in [1.807, 2.05) is 19.9 Å². The van der Waals surface area contributed by atoms with Crippen molar-refractivity contribution in [2.24, 2.45) is 0 Å². The van der Waals surface area contributed by atoms with Crippen molar-refractivity contribution < 1.29 is 14.7 Å². The third-order valence-electron chi connectivity index (χ3n) is 2.76. The molecular formula is C15H14N2O3S. The van der Waals surface area contributed by atoms with Gasteiger partial charge in [0.1, 0.15) is 4.88 Å². The molecule has 0 bridgehead atoms. The van der Waals surface area contributed by atoms with Crippen molar-refractivity contribution in [1.29, 1.82) is 0 Å². The Morgan fingerprint density at radius 2 is 2.10 bits per heavy atom. The largest absolute Gasteiger partial charge is 0.478 e. The van der Waals surface area contributed by atoms with E-state index in [1.54, 1.807) is 18.3 Å². The molecule has 108 valence electrons. The number of hydrogen-bond acceptors (Lipinski definition) is 4. The lowest BCUT2D eigenvalue weighted by molar-refractivity contribution is -0.131. The van der Waals surface area contributed by atoms with E-state index in [4.69, 9.17) is 5.11 Å². The van der Waals surface area contributed by atoms with Crippen LogP contribution in [0.2, 0.25) is 0 Å². The molecule has 5 nitrogen and oxygen atoms in total. The Labute approximate surface area is 126 Å². The fraction of sp³-hybridized carbons (Fsp3) is 0.133. The summed E-state index contributed by atoms with van der Waals surface area (Å²) in [5.74, 6) is -1.19. The number of nitrogens with zero attached hydrogens (tertiary/aromatic N) is 1. The van der Waals surface area contributed by atoms with Gasteiger partial charge in [-0.2, -0.15) is 0 Å². The molecule has 1 heterocycles. The number of carbonyl (C=O) groups excluding carboxylic acids is 1. The van der Waals surface area contributed by atoms with Crippen LogP contribution in [0.3, 0.4) is 0 Å². The number of rotatable bonds is 4. The molecule has 2 N–H and O–H groups in total. The van der Waals surface area contributed by atoms with Crippen molar-refractivity contribution in [1.82, 2.24) is 4.98 Å². The van der Waals surface area contributed by atoms with Crippen LogP contribution in [-0.4, -0.2) is 22.0 Å². The second-order valence-corrected chi connectivity index (χ2v) is 5.68. The number of hydrogen-bond donors (Lipinski definition) is 2. The number of thiazole rings is 1. The molecular weight excluding hydrogens is 288 g/mol. The van der Waals surface area contributed by atoms with Gasteiger partial charge in [-0.05, 0) is 43.2 Å².